The van der Waals surface area contributed by atoms with Crippen LogP contribution in [0, 0.1) is 5.82 Å². The van der Waals surface area contributed by atoms with Crippen molar-refractivity contribution in [1.82, 2.24) is 5.43 Å². The van der Waals surface area contributed by atoms with Crippen LogP contribution in [0.2, 0.25) is 0 Å². The fraction of sp³-hybridized carbons (Fsp3) is 0.0667. The van der Waals surface area contributed by atoms with Crippen LogP contribution in [0.4, 0.5) is 17.6 Å². The number of carbonyl (C=O) groups excluding carboxylic acids is 1. The maximum absolute atomic E-state index is 13.8. The Kier molecular flexibility index (Phi) is 6.24. The highest BCUT2D eigenvalue weighted by Gasteiger charge is 2.31. The maximum atomic E-state index is 13.8. The van der Waals surface area contributed by atoms with Crippen LogP contribution in [0.5, 0.6) is 11.5 Å². The standard InChI is InChI=1S/C15H8Br2F4N2O3/c16-8-3-7(13(24)11(17)4-8)6-22-23-14(25)10-2-1-9(5-12(10)18)26-15(19,20)21/h1-6,24H,(H,23,25). The van der Waals surface area contributed by atoms with Gasteiger partial charge in [-0.3, -0.25) is 4.79 Å². The second-order valence-corrected chi connectivity index (χ2v) is 6.48. The van der Waals surface area contributed by atoms with E-state index in [-0.39, 0.29) is 11.3 Å². The van der Waals surface area contributed by atoms with Gasteiger partial charge in [-0.05, 0) is 40.2 Å². The molecule has 0 radical (unpaired) electrons. The number of hydrogen-bond donors (Lipinski definition) is 2. The summed E-state index contributed by atoms with van der Waals surface area (Å²) >= 11 is 6.33. The van der Waals surface area contributed by atoms with Crippen LogP contribution < -0.4 is 10.2 Å². The first-order chi connectivity index (χ1) is 12.1. The summed E-state index contributed by atoms with van der Waals surface area (Å²) in [7, 11) is 0. The third-order valence-corrected chi connectivity index (χ3v) is 3.91. The molecule has 0 fully saturated rings. The van der Waals surface area contributed by atoms with Crippen LogP contribution in [0.15, 0.2) is 44.4 Å². The lowest BCUT2D eigenvalue weighted by Gasteiger charge is -2.09. The number of halogens is 6. The molecule has 0 aromatic heterocycles. The maximum Gasteiger partial charge on any atom is 0.573 e. The molecule has 0 atom stereocenters. The monoisotopic (exact) mass is 498 g/mol. The molecule has 5 nitrogen and oxygen atoms in total. The summed E-state index contributed by atoms with van der Waals surface area (Å²) in [5.74, 6) is -3.14. The molecule has 2 rings (SSSR count). The molecule has 1 amide bonds. The number of carbonyl (C=O) groups is 1. The van der Waals surface area contributed by atoms with E-state index in [0.717, 1.165) is 18.3 Å². The first kappa shape index (κ1) is 20.2. The molecule has 2 aromatic rings. The zero-order valence-electron chi connectivity index (χ0n) is 12.4. The van der Waals surface area contributed by atoms with E-state index in [1.807, 2.05) is 5.43 Å². The predicted octanol–water partition coefficient (Wildman–Crippen LogP) is 4.72. The van der Waals surface area contributed by atoms with Crippen LogP contribution >= 0.6 is 31.9 Å². The smallest absolute Gasteiger partial charge is 0.506 e. The number of ether oxygens (including phenoxy) is 1. The Hall–Kier alpha value is -2.14. The molecule has 11 heteroatoms. The van der Waals surface area contributed by atoms with Crippen molar-refractivity contribution in [1.29, 1.82) is 0 Å². The number of benzene rings is 2. The van der Waals surface area contributed by atoms with E-state index in [1.165, 1.54) is 6.07 Å². The lowest BCUT2D eigenvalue weighted by Crippen LogP contribution is -2.20. The van der Waals surface area contributed by atoms with Crippen LogP contribution in [-0.2, 0) is 0 Å². The van der Waals surface area contributed by atoms with E-state index in [1.54, 1.807) is 6.07 Å². The van der Waals surface area contributed by atoms with Gasteiger partial charge in [0.05, 0.1) is 16.3 Å². The minimum atomic E-state index is -4.97. The van der Waals surface area contributed by atoms with Crippen LogP contribution in [0.3, 0.4) is 0 Å². The Labute approximate surface area is 160 Å². The number of amides is 1. The molecule has 0 saturated carbocycles. The van der Waals surface area contributed by atoms with Crippen molar-refractivity contribution in [3.05, 3.63) is 56.2 Å². The molecule has 0 heterocycles. The average Bonchev–Trinajstić information content (AvgIpc) is 2.50. The number of nitrogens with zero attached hydrogens (tertiary/aromatic N) is 1. The fourth-order valence-corrected chi connectivity index (χ4v) is 3.04. The predicted molar refractivity (Wildman–Crippen MR) is 91.7 cm³/mol. The van der Waals surface area contributed by atoms with Crippen molar-refractivity contribution in [3.63, 3.8) is 0 Å². The first-order valence-corrected chi connectivity index (χ1v) is 8.22. The van der Waals surface area contributed by atoms with Gasteiger partial charge in [0.1, 0.15) is 17.3 Å². The highest BCUT2D eigenvalue weighted by atomic mass is 79.9. The Bertz CT molecular complexity index is 873. The molecule has 0 aliphatic heterocycles. The molecule has 0 spiro atoms. The molecule has 2 N–H and O–H groups in total. The minimum absolute atomic E-state index is 0.133. The van der Waals surface area contributed by atoms with Crippen molar-refractivity contribution in [2.24, 2.45) is 5.10 Å². The van der Waals surface area contributed by atoms with Crippen molar-refractivity contribution in [2.45, 2.75) is 6.36 Å². The van der Waals surface area contributed by atoms with E-state index >= 15 is 0 Å². The number of hydrogen-bond acceptors (Lipinski definition) is 4. The second-order valence-electron chi connectivity index (χ2n) is 4.71. The molecular weight excluding hydrogens is 492 g/mol. The van der Waals surface area contributed by atoms with Gasteiger partial charge in [-0.25, -0.2) is 9.82 Å². The summed E-state index contributed by atoms with van der Waals surface area (Å²) < 4.78 is 54.6. The van der Waals surface area contributed by atoms with Crippen LogP contribution in [-0.4, -0.2) is 23.6 Å². The van der Waals surface area contributed by atoms with Gasteiger partial charge >= 0.3 is 6.36 Å². The van der Waals surface area contributed by atoms with Gasteiger partial charge in [0.2, 0.25) is 0 Å². The molecule has 0 bridgehead atoms. The van der Waals surface area contributed by atoms with Gasteiger partial charge in [-0.1, -0.05) is 15.9 Å². The van der Waals surface area contributed by atoms with Crippen molar-refractivity contribution in [3.8, 4) is 11.5 Å². The van der Waals surface area contributed by atoms with Gasteiger partial charge in [-0.15, -0.1) is 13.2 Å². The third-order valence-electron chi connectivity index (χ3n) is 2.85. The topological polar surface area (TPSA) is 70.9 Å². The SMILES string of the molecule is O=C(NN=Cc1cc(Br)cc(Br)c1O)c1ccc(OC(F)(F)F)cc1F. The number of nitrogens with one attached hydrogen (secondary N) is 1. The number of alkyl halides is 3. The molecular formula is C15H8Br2F4N2O3. The Morgan fingerprint density at radius 1 is 1.23 bits per heavy atom. The number of rotatable bonds is 4. The van der Waals surface area contributed by atoms with Gasteiger partial charge in [0, 0.05) is 16.1 Å². The van der Waals surface area contributed by atoms with E-state index < -0.39 is 29.4 Å². The normalized spacial score (nSPS) is 11.6. The van der Waals surface area contributed by atoms with Crippen molar-refractivity contribution < 1.29 is 32.2 Å². The largest absolute Gasteiger partial charge is 0.573 e. The van der Waals surface area contributed by atoms with E-state index in [0.29, 0.717) is 15.0 Å². The highest BCUT2D eigenvalue weighted by Crippen LogP contribution is 2.30. The summed E-state index contributed by atoms with van der Waals surface area (Å²) in [6.07, 6.45) is -3.86. The summed E-state index contributed by atoms with van der Waals surface area (Å²) in [5.41, 5.74) is 1.73. The zero-order chi connectivity index (χ0) is 19.5. The lowest BCUT2D eigenvalue weighted by molar-refractivity contribution is -0.274. The molecule has 138 valence electrons. The molecule has 0 unspecified atom stereocenters. The minimum Gasteiger partial charge on any atom is -0.506 e. The quantitative estimate of drug-likeness (QED) is 0.363. The van der Waals surface area contributed by atoms with E-state index in [9.17, 15) is 27.5 Å². The molecule has 0 aliphatic rings. The Balaban J connectivity index is 2.11. The van der Waals surface area contributed by atoms with Crippen LogP contribution in [0.25, 0.3) is 0 Å². The third kappa shape index (κ3) is 5.43. The summed E-state index contributed by atoms with van der Waals surface area (Å²) in [4.78, 5) is 11.9. The van der Waals surface area contributed by atoms with Gasteiger partial charge in [0.25, 0.3) is 5.91 Å². The van der Waals surface area contributed by atoms with Crippen LogP contribution in [0.1, 0.15) is 15.9 Å². The van der Waals surface area contributed by atoms with Crippen molar-refractivity contribution >= 4 is 44.0 Å². The fourth-order valence-electron chi connectivity index (χ4n) is 1.78. The molecule has 0 saturated heterocycles. The van der Waals surface area contributed by atoms with Crippen molar-refractivity contribution in [2.75, 3.05) is 0 Å². The number of aromatic hydroxyl groups is 1. The highest BCUT2D eigenvalue weighted by molar-refractivity contribution is 9.11. The zero-order valence-corrected chi connectivity index (χ0v) is 15.6. The summed E-state index contributed by atoms with van der Waals surface area (Å²) in [5, 5.41) is 13.4. The molecule has 2 aromatic carbocycles. The van der Waals surface area contributed by atoms with Gasteiger partial charge < -0.3 is 9.84 Å². The molecule has 0 aliphatic carbocycles. The summed E-state index contributed by atoms with van der Waals surface area (Å²) in [6.45, 7) is 0. The molecule has 26 heavy (non-hydrogen) atoms. The number of phenolic OH excluding ortho intramolecular Hbond substituents is 1. The number of phenols is 1. The Morgan fingerprint density at radius 3 is 2.54 bits per heavy atom. The number of hydrazone groups is 1. The summed E-state index contributed by atoms with van der Waals surface area (Å²) in [6, 6.07) is 5.16. The van der Waals surface area contributed by atoms with E-state index in [2.05, 4.69) is 41.7 Å². The first-order valence-electron chi connectivity index (χ1n) is 6.63. The second kappa shape index (κ2) is 8.04. The Morgan fingerprint density at radius 2 is 1.92 bits per heavy atom. The van der Waals surface area contributed by atoms with E-state index in [4.69, 9.17) is 0 Å². The van der Waals surface area contributed by atoms with Gasteiger partial charge in [-0.2, -0.15) is 5.10 Å². The van der Waals surface area contributed by atoms with Gasteiger partial charge in [0.15, 0.2) is 0 Å². The lowest BCUT2D eigenvalue weighted by atomic mass is 10.2. The average molecular weight is 500 g/mol.